The van der Waals surface area contributed by atoms with Gasteiger partial charge in [-0.3, -0.25) is 4.79 Å². The first-order chi connectivity index (χ1) is 12.1. The Morgan fingerprint density at radius 2 is 1.68 bits per heavy atom. The van der Waals surface area contributed by atoms with Crippen LogP contribution in [0.3, 0.4) is 0 Å². The molecule has 1 atom stereocenters. The summed E-state index contributed by atoms with van der Waals surface area (Å²) in [7, 11) is 0. The lowest BCUT2D eigenvalue weighted by Crippen LogP contribution is -2.32. The van der Waals surface area contributed by atoms with E-state index in [-0.39, 0.29) is 5.41 Å². The van der Waals surface area contributed by atoms with Gasteiger partial charge in [-0.25, -0.2) is 0 Å². The molecule has 0 heterocycles. The fourth-order valence-corrected chi connectivity index (χ4v) is 4.65. The van der Waals surface area contributed by atoms with Crippen LogP contribution in [0.5, 0.6) is 0 Å². The molecule has 25 heavy (non-hydrogen) atoms. The second-order valence-corrected chi connectivity index (χ2v) is 8.02. The molecule has 0 aliphatic heterocycles. The Labute approximate surface area is 155 Å². The summed E-state index contributed by atoms with van der Waals surface area (Å²) in [4.78, 5) is 11.4. The predicted octanol–water partition coefficient (Wildman–Crippen LogP) is 6.07. The number of carboxylic acid groups (broad SMARTS) is 1. The molecule has 146 valence electrons. The SMILES string of the molecule is CCCCCC/C=C\CCCC[C@@H](CCN)C1(CC(=O)O)CCCC1. The number of nitrogens with two attached hydrogens (primary N) is 1. The van der Waals surface area contributed by atoms with Gasteiger partial charge in [0.2, 0.25) is 0 Å². The molecule has 1 fully saturated rings. The highest BCUT2D eigenvalue weighted by Crippen LogP contribution is 2.50. The number of hydrogen-bond acceptors (Lipinski definition) is 2. The van der Waals surface area contributed by atoms with Gasteiger partial charge in [0.05, 0.1) is 6.42 Å². The summed E-state index contributed by atoms with van der Waals surface area (Å²) < 4.78 is 0. The minimum absolute atomic E-state index is 0.0281. The van der Waals surface area contributed by atoms with Crippen molar-refractivity contribution in [2.75, 3.05) is 6.54 Å². The highest BCUT2D eigenvalue weighted by Gasteiger charge is 2.41. The lowest BCUT2D eigenvalue weighted by atomic mass is 9.68. The van der Waals surface area contributed by atoms with E-state index in [1.54, 1.807) is 0 Å². The zero-order valence-electron chi connectivity index (χ0n) is 16.5. The van der Waals surface area contributed by atoms with E-state index in [1.165, 1.54) is 57.8 Å². The monoisotopic (exact) mass is 351 g/mol. The summed E-state index contributed by atoms with van der Waals surface area (Å²) in [6.07, 6.45) is 21.8. The van der Waals surface area contributed by atoms with E-state index in [0.29, 0.717) is 18.9 Å². The quantitative estimate of drug-likeness (QED) is 0.278. The molecule has 0 saturated heterocycles. The number of carbonyl (C=O) groups is 1. The lowest BCUT2D eigenvalue weighted by molar-refractivity contribution is -0.140. The average molecular weight is 352 g/mol. The number of rotatable bonds is 15. The van der Waals surface area contributed by atoms with Crippen molar-refractivity contribution < 1.29 is 9.90 Å². The standard InChI is InChI=1S/C22H41NO2/c1-2-3-4-5-6-7-8-9-10-11-14-20(15-18-23)22(19-21(24)25)16-12-13-17-22/h7-8,20H,2-6,9-19,23H2,1H3,(H,24,25)/b8-7-/t20-/m0/s1. The van der Waals surface area contributed by atoms with Gasteiger partial charge in [-0.1, -0.05) is 57.6 Å². The van der Waals surface area contributed by atoms with Gasteiger partial charge >= 0.3 is 5.97 Å². The third-order valence-electron chi connectivity index (χ3n) is 6.05. The van der Waals surface area contributed by atoms with Crippen molar-refractivity contribution in [2.45, 2.75) is 103 Å². The summed E-state index contributed by atoms with van der Waals surface area (Å²) in [5.41, 5.74) is 5.88. The molecule has 1 saturated carbocycles. The molecule has 1 aliphatic rings. The number of aliphatic carboxylic acids is 1. The molecule has 0 aromatic rings. The minimum atomic E-state index is -0.630. The van der Waals surface area contributed by atoms with Crippen molar-refractivity contribution in [1.29, 1.82) is 0 Å². The molecule has 3 heteroatoms. The molecule has 0 radical (unpaired) electrons. The van der Waals surface area contributed by atoms with Gasteiger partial charge in [0.1, 0.15) is 0 Å². The van der Waals surface area contributed by atoms with Crippen molar-refractivity contribution in [2.24, 2.45) is 17.1 Å². The topological polar surface area (TPSA) is 63.3 Å². The molecule has 0 bridgehead atoms. The third kappa shape index (κ3) is 8.89. The molecular weight excluding hydrogens is 310 g/mol. The van der Waals surface area contributed by atoms with Crippen LogP contribution >= 0.6 is 0 Å². The van der Waals surface area contributed by atoms with E-state index in [4.69, 9.17) is 5.73 Å². The fourth-order valence-electron chi connectivity index (χ4n) is 4.65. The van der Waals surface area contributed by atoms with Gasteiger partial charge in [-0.05, 0) is 69.2 Å². The second-order valence-electron chi connectivity index (χ2n) is 8.02. The first-order valence-corrected chi connectivity index (χ1v) is 10.7. The summed E-state index contributed by atoms with van der Waals surface area (Å²) >= 11 is 0. The van der Waals surface area contributed by atoms with Crippen molar-refractivity contribution in [1.82, 2.24) is 0 Å². The lowest BCUT2D eigenvalue weighted by Gasteiger charge is -2.37. The van der Waals surface area contributed by atoms with Gasteiger partial charge in [-0.2, -0.15) is 0 Å². The largest absolute Gasteiger partial charge is 0.481 e. The second kappa shape index (κ2) is 13.4. The molecule has 3 N–H and O–H groups in total. The van der Waals surface area contributed by atoms with Crippen molar-refractivity contribution in [3.63, 3.8) is 0 Å². The number of hydrogen-bond donors (Lipinski definition) is 2. The molecule has 1 aliphatic carbocycles. The Kier molecular flexibility index (Phi) is 11.9. The van der Waals surface area contributed by atoms with Crippen LogP contribution in [0.15, 0.2) is 12.2 Å². The maximum atomic E-state index is 11.4. The Hall–Kier alpha value is -0.830. The van der Waals surface area contributed by atoms with Gasteiger partial charge in [0, 0.05) is 0 Å². The Morgan fingerprint density at radius 3 is 2.24 bits per heavy atom. The Morgan fingerprint density at radius 1 is 1.04 bits per heavy atom. The van der Waals surface area contributed by atoms with Crippen LogP contribution in [-0.4, -0.2) is 17.6 Å². The molecule has 0 aromatic heterocycles. The maximum absolute atomic E-state index is 11.4. The normalized spacial score (nSPS) is 18.0. The van der Waals surface area contributed by atoms with Gasteiger partial charge in [0.25, 0.3) is 0 Å². The molecule has 0 spiro atoms. The minimum Gasteiger partial charge on any atom is -0.481 e. The summed E-state index contributed by atoms with van der Waals surface area (Å²) in [5, 5.41) is 9.36. The van der Waals surface area contributed by atoms with Gasteiger partial charge in [0.15, 0.2) is 0 Å². The van der Waals surface area contributed by atoms with E-state index >= 15 is 0 Å². The molecule has 0 unspecified atom stereocenters. The molecule has 1 rings (SSSR count). The van der Waals surface area contributed by atoms with Gasteiger partial charge < -0.3 is 10.8 Å². The van der Waals surface area contributed by atoms with E-state index in [2.05, 4.69) is 19.1 Å². The van der Waals surface area contributed by atoms with E-state index in [1.807, 2.05) is 0 Å². The molecule has 0 aromatic carbocycles. The summed E-state index contributed by atoms with van der Waals surface area (Å²) in [6, 6.07) is 0. The van der Waals surface area contributed by atoms with E-state index < -0.39 is 5.97 Å². The zero-order chi connectivity index (χ0) is 18.4. The number of unbranched alkanes of at least 4 members (excludes halogenated alkanes) is 6. The van der Waals surface area contributed by atoms with Crippen LogP contribution < -0.4 is 5.73 Å². The predicted molar refractivity (Wildman–Crippen MR) is 107 cm³/mol. The van der Waals surface area contributed by atoms with E-state index in [9.17, 15) is 9.90 Å². The van der Waals surface area contributed by atoms with Gasteiger partial charge in [-0.15, -0.1) is 0 Å². The van der Waals surface area contributed by atoms with Crippen LogP contribution in [0, 0.1) is 11.3 Å². The summed E-state index contributed by atoms with van der Waals surface area (Å²) in [6.45, 7) is 2.93. The molecular formula is C22H41NO2. The molecule has 0 amide bonds. The summed E-state index contributed by atoms with van der Waals surface area (Å²) in [5.74, 6) is -0.135. The Bertz CT molecular complexity index is 372. The number of allylic oxidation sites excluding steroid dienone is 2. The van der Waals surface area contributed by atoms with E-state index in [0.717, 1.165) is 32.1 Å². The average Bonchev–Trinajstić information content (AvgIpc) is 3.04. The van der Waals surface area contributed by atoms with Crippen LogP contribution in [-0.2, 0) is 4.79 Å². The number of carboxylic acids is 1. The highest BCUT2D eigenvalue weighted by molar-refractivity contribution is 5.67. The Balaban J connectivity index is 2.30. The molecule has 3 nitrogen and oxygen atoms in total. The third-order valence-corrected chi connectivity index (χ3v) is 6.05. The maximum Gasteiger partial charge on any atom is 0.303 e. The fraction of sp³-hybridized carbons (Fsp3) is 0.864. The highest BCUT2D eigenvalue weighted by atomic mass is 16.4. The van der Waals surface area contributed by atoms with Crippen LogP contribution in [0.2, 0.25) is 0 Å². The van der Waals surface area contributed by atoms with Crippen molar-refractivity contribution in [3.8, 4) is 0 Å². The van der Waals surface area contributed by atoms with Crippen molar-refractivity contribution >= 4 is 5.97 Å². The first-order valence-electron chi connectivity index (χ1n) is 10.7. The van der Waals surface area contributed by atoms with Crippen LogP contribution in [0.4, 0.5) is 0 Å². The van der Waals surface area contributed by atoms with Crippen LogP contribution in [0.1, 0.15) is 103 Å². The van der Waals surface area contributed by atoms with Crippen LogP contribution in [0.25, 0.3) is 0 Å². The van der Waals surface area contributed by atoms with Crippen molar-refractivity contribution in [3.05, 3.63) is 12.2 Å². The smallest absolute Gasteiger partial charge is 0.303 e. The zero-order valence-corrected chi connectivity index (χ0v) is 16.5. The first kappa shape index (κ1) is 22.2.